The van der Waals surface area contributed by atoms with Crippen LogP contribution in [-0.4, -0.2) is 78.5 Å². The molecule has 0 aromatic rings. The minimum Gasteiger partial charge on any atom is -0.480 e. The summed E-state index contributed by atoms with van der Waals surface area (Å²) >= 11 is 0. The lowest BCUT2D eigenvalue weighted by atomic mass is 10.2. The number of carbonyl (C=O) groups excluding carboxylic acids is 1. The number of carbonyl (C=O) groups is 2. The molecule has 2 aliphatic rings. The van der Waals surface area contributed by atoms with Crippen molar-refractivity contribution in [1.29, 1.82) is 0 Å². The molecule has 1 amide bonds. The van der Waals surface area contributed by atoms with Gasteiger partial charge >= 0.3 is 12.1 Å². The predicted molar refractivity (Wildman–Crippen MR) is 61.3 cm³/mol. The molecule has 102 valence electrons. The van der Waals surface area contributed by atoms with Gasteiger partial charge in [-0.3, -0.25) is 9.80 Å². The average molecular weight is 258 g/mol. The van der Waals surface area contributed by atoms with Gasteiger partial charge < -0.3 is 14.6 Å². The molecule has 2 saturated heterocycles. The van der Waals surface area contributed by atoms with Gasteiger partial charge in [0.05, 0.1) is 13.2 Å². The molecule has 2 unspecified atom stereocenters. The van der Waals surface area contributed by atoms with Gasteiger partial charge in [-0.15, -0.1) is 0 Å². The first kappa shape index (κ1) is 13.1. The molecule has 0 aliphatic carbocycles. The number of amides is 1. The van der Waals surface area contributed by atoms with E-state index in [1.807, 2.05) is 0 Å². The van der Waals surface area contributed by atoms with E-state index in [1.165, 1.54) is 4.90 Å². The number of cyclic esters (lactones) is 1. The van der Waals surface area contributed by atoms with Crippen LogP contribution in [0.5, 0.6) is 0 Å². The van der Waals surface area contributed by atoms with Crippen LogP contribution in [0.25, 0.3) is 0 Å². The average Bonchev–Trinajstić information content (AvgIpc) is 2.62. The second-order valence-electron chi connectivity index (χ2n) is 4.52. The van der Waals surface area contributed by atoms with E-state index < -0.39 is 24.2 Å². The largest absolute Gasteiger partial charge is 0.480 e. The molecule has 1 N–H and O–H groups in total. The van der Waals surface area contributed by atoms with Crippen molar-refractivity contribution < 1.29 is 24.2 Å². The summed E-state index contributed by atoms with van der Waals surface area (Å²) in [5, 5.41) is 9.10. The van der Waals surface area contributed by atoms with Gasteiger partial charge in [0.15, 0.2) is 6.04 Å². The molecule has 2 fully saturated rings. The van der Waals surface area contributed by atoms with Gasteiger partial charge in [-0.25, -0.2) is 9.59 Å². The van der Waals surface area contributed by atoms with Gasteiger partial charge in [-0.05, 0) is 6.92 Å². The Bertz CT molecular complexity index is 329. The van der Waals surface area contributed by atoms with E-state index >= 15 is 0 Å². The number of rotatable bonds is 4. The van der Waals surface area contributed by atoms with Crippen molar-refractivity contribution in [2.75, 3.05) is 39.4 Å². The van der Waals surface area contributed by atoms with Gasteiger partial charge in [0.1, 0.15) is 6.10 Å². The van der Waals surface area contributed by atoms with Crippen molar-refractivity contribution in [3.8, 4) is 0 Å². The van der Waals surface area contributed by atoms with Crippen LogP contribution in [0.15, 0.2) is 0 Å². The van der Waals surface area contributed by atoms with Crippen molar-refractivity contribution in [2.24, 2.45) is 0 Å². The zero-order valence-corrected chi connectivity index (χ0v) is 10.4. The Labute approximate surface area is 105 Å². The van der Waals surface area contributed by atoms with Crippen LogP contribution in [0.2, 0.25) is 0 Å². The zero-order chi connectivity index (χ0) is 13.1. The molecular weight excluding hydrogens is 240 g/mol. The molecule has 7 heteroatoms. The van der Waals surface area contributed by atoms with E-state index in [9.17, 15) is 9.59 Å². The molecule has 2 rings (SSSR count). The molecule has 2 aliphatic heterocycles. The molecule has 0 bridgehead atoms. The Kier molecular flexibility index (Phi) is 4.03. The molecule has 2 atom stereocenters. The Morgan fingerprint density at radius 2 is 2.06 bits per heavy atom. The highest BCUT2D eigenvalue weighted by Crippen LogP contribution is 2.19. The highest BCUT2D eigenvalue weighted by atomic mass is 16.6. The van der Waals surface area contributed by atoms with Gasteiger partial charge in [0.25, 0.3) is 0 Å². The maximum atomic E-state index is 11.6. The van der Waals surface area contributed by atoms with Gasteiger partial charge in [-0.1, -0.05) is 0 Å². The Morgan fingerprint density at radius 3 is 2.67 bits per heavy atom. The lowest BCUT2D eigenvalue weighted by Crippen LogP contribution is -2.47. The molecule has 0 spiro atoms. The third-order valence-corrected chi connectivity index (χ3v) is 3.32. The molecule has 0 aromatic carbocycles. The SMILES string of the molecule is CC1OC(=O)N(CCN2CCOCC2)C1C(=O)O. The molecule has 18 heavy (non-hydrogen) atoms. The highest BCUT2D eigenvalue weighted by molar-refractivity contribution is 5.83. The summed E-state index contributed by atoms with van der Waals surface area (Å²) in [4.78, 5) is 26.1. The third kappa shape index (κ3) is 2.73. The lowest BCUT2D eigenvalue weighted by Gasteiger charge is -2.29. The number of carboxylic acids is 1. The Balaban J connectivity index is 1.89. The number of morpholine rings is 1. The number of aliphatic carboxylic acids is 1. The van der Waals surface area contributed by atoms with Crippen molar-refractivity contribution in [3.05, 3.63) is 0 Å². The number of ether oxygens (including phenoxy) is 2. The maximum absolute atomic E-state index is 11.6. The van der Waals surface area contributed by atoms with Crippen LogP contribution < -0.4 is 0 Å². The third-order valence-electron chi connectivity index (χ3n) is 3.32. The van der Waals surface area contributed by atoms with E-state index in [2.05, 4.69) is 4.90 Å². The van der Waals surface area contributed by atoms with Crippen LogP contribution in [-0.2, 0) is 14.3 Å². The number of nitrogens with zero attached hydrogens (tertiary/aromatic N) is 2. The molecule has 0 saturated carbocycles. The van der Waals surface area contributed by atoms with Crippen LogP contribution in [0, 0.1) is 0 Å². The second kappa shape index (κ2) is 5.53. The Morgan fingerprint density at radius 1 is 1.39 bits per heavy atom. The van der Waals surface area contributed by atoms with Crippen LogP contribution in [0.4, 0.5) is 4.79 Å². The number of hydrogen-bond donors (Lipinski definition) is 1. The molecule has 0 radical (unpaired) electrons. The van der Waals surface area contributed by atoms with Crippen LogP contribution in [0.1, 0.15) is 6.92 Å². The van der Waals surface area contributed by atoms with E-state index in [4.69, 9.17) is 14.6 Å². The van der Waals surface area contributed by atoms with E-state index in [0.717, 1.165) is 13.1 Å². The minimum atomic E-state index is -1.02. The molecule has 2 heterocycles. The van der Waals surface area contributed by atoms with E-state index in [0.29, 0.717) is 26.3 Å². The fraction of sp³-hybridized carbons (Fsp3) is 0.818. The van der Waals surface area contributed by atoms with E-state index in [-0.39, 0.29) is 0 Å². The summed E-state index contributed by atoms with van der Waals surface area (Å²) in [6.07, 6.45) is -1.14. The van der Waals surface area contributed by atoms with Crippen molar-refractivity contribution in [1.82, 2.24) is 9.80 Å². The first-order valence-corrected chi connectivity index (χ1v) is 6.10. The van der Waals surface area contributed by atoms with E-state index in [1.54, 1.807) is 6.92 Å². The topological polar surface area (TPSA) is 79.3 Å². The van der Waals surface area contributed by atoms with Crippen LogP contribution in [0.3, 0.4) is 0 Å². The lowest BCUT2D eigenvalue weighted by molar-refractivity contribution is -0.142. The summed E-state index contributed by atoms with van der Waals surface area (Å²) in [5.41, 5.74) is 0. The number of hydrogen-bond acceptors (Lipinski definition) is 5. The summed E-state index contributed by atoms with van der Waals surface area (Å²) in [7, 11) is 0. The fourth-order valence-corrected chi connectivity index (χ4v) is 2.30. The minimum absolute atomic E-state index is 0.375. The summed E-state index contributed by atoms with van der Waals surface area (Å²) in [5.74, 6) is -1.02. The molecule has 0 aromatic heterocycles. The van der Waals surface area contributed by atoms with Gasteiger partial charge in [-0.2, -0.15) is 0 Å². The normalized spacial score (nSPS) is 29.4. The van der Waals surface area contributed by atoms with Gasteiger partial charge in [0.2, 0.25) is 0 Å². The standard InChI is InChI=1S/C11H18N2O5/c1-8-9(10(14)15)13(11(16)18-8)3-2-12-4-6-17-7-5-12/h8-9H,2-7H2,1H3,(H,14,15). The summed E-state index contributed by atoms with van der Waals surface area (Å²) in [6.45, 7) is 5.62. The van der Waals surface area contributed by atoms with Gasteiger partial charge in [0, 0.05) is 26.2 Å². The first-order valence-electron chi connectivity index (χ1n) is 6.10. The van der Waals surface area contributed by atoms with Crippen LogP contribution >= 0.6 is 0 Å². The number of carboxylic acid groups (broad SMARTS) is 1. The maximum Gasteiger partial charge on any atom is 0.411 e. The predicted octanol–water partition coefficient (Wildman–Crippen LogP) is -0.387. The zero-order valence-electron chi connectivity index (χ0n) is 10.4. The van der Waals surface area contributed by atoms with Crippen molar-refractivity contribution >= 4 is 12.1 Å². The van der Waals surface area contributed by atoms with Crippen molar-refractivity contribution in [3.63, 3.8) is 0 Å². The quantitative estimate of drug-likeness (QED) is 0.740. The smallest absolute Gasteiger partial charge is 0.411 e. The Hall–Kier alpha value is -1.34. The molecular formula is C11H18N2O5. The fourth-order valence-electron chi connectivity index (χ4n) is 2.30. The summed E-state index contributed by atoms with van der Waals surface area (Å²) < 4.78 is 10.2. The second-order valence-corrected chi connectivity index (χ2v) is 4.52. The molecule has 7 nitrogen and oxygen atoms in total. The van der Waals surface area contributed by atoms with Crippen molar-refractivity contribution in [2.45, 2.75) is 19.1 Å². The highest BCUT2D eigenvalue weighted by Gasteiger charge is 2.43. The summed E-state index contributed by atoms with van der Waals surface area (Å²) in [6, 6.07) is -0.876. The first-order chi connectivity index (χ1) is 8.59. The monoisotopic (exact) mass is 258 g/mol.